The maximum absolute atomic E-state index is 12.5. The molecule has 0 atom stereocenters. The van der Waals surface area contributed by atoms with Crippen LogP contribution in [0.2, 0.25) is 0 Å². The number of nitrogens with one attached hydrogen (secondary N) is 1. The Morgan fingerprint density at radius 1 is 1.04 bits per heavy atom. The molecule has 0 aliphatic heterocycles. The highest BCUT2D eigenvalue weighted by Gasteiger charge is 2.14. The summed E-state index contributed by atoms with van der Waals surface area (Å²) >= 11 is 0. The third-order valence-electron chi connectivity index (χ3n) is 3.87. The second kappa shape index (κ2) is 7.65. The number of carbonyl (C=O) groups excluding carboxylic acids is 2. The Morgan fingerprint density at radius 2 is 1.69 bits per heavy atom. The van der Waals surface area contributed by atoms with Crippen LogP contribution in [0.3, 0.4) is 0 Å². The topological polar surface area (TPSA) is 75.4 Å². The highest BCUT2D eigenvalue weighted by molar-refractivity contribution is 6.04. The zero-order valence-electron chi connectivity index (χ0n) is 14.6. The van der Waals surface area contributed by atoms with Gasteiger partial charge in [0.05, 0.1) is 0 Å². The first-order valence-electron chi connectivity index (χ1n) is 8.17. The van der Waals surface area contributed by atoms with Crippen molar-refractivity contribution in [3.05, 3.63) is 83.1 Å². The van der Waals surface area contributed by atoms with E-state index in [4.69, 9.17) is 4.52 Å². The van der Waals surface area contributed by atoms with Crippen molar-refractivity contribution >= 4 is 17.6 Å². The van der Waals surface area contributed by atoms with E-state index < -0.39 is 0 Å². The lowest BCUT2D eigenvalue weighted by atomic mass is 10.1. The van der Waals surface area contributed by atoms with Crippen LogP contribution in [0.5, 0.6) is 0 Å². The summed E-state index contributed by atoms with van der Waals surface area (Å²) in [5, 5.41) is 6.37. The van der Waals surface area contributed by atoms with Gasteiger partial charge in [-0.25, -0.2) is 0 Å². The molecule has 132 valence electrons. The van der Waals surface area contributed by atoms with Crippen molar-refractivity contribution in [1.29, 1.82) is 0 Å². The Hall–Kier alpha value is -3.41. The summed E-state index contributed by atoms with van der Waals surface area (Å²) in [5.41, 5.74) is 2.02. The van der Waals surface area contributed by atoms with E-state index >= 15 is 0 Å². The van der Waals surface area contributed by atoms with Gasteiger partial charge in [-0.05, 0) is 36.8 Å². The molecule has 6 nitrogen and oxygen atoms in total. The average molecular weight is 349 g/mol. The maximum atomic E-state index is 12.5. The third-order valence-corrected chi connectivity index (χ3v) is 3.87. The van der Waals surface area contributed by atoms with Gasteiger partial charge in [0.2, 0.25) is 0 Å². The molecule has 0 bridgehead atoms. The molecule has 0 aliphatic carbocycles. The second-order valence-electron chi connectivity index (χ2n) is 6.00. The van der Waals surface area contributed by atoms with Crippen molar-refractivity contribution in [1.82, 2.24) is 10.1 Å². The minimum absolute atomic E-state index is 0.104. The monoisotopic (exact) mass is 349 g/mol. The van der Waals surface area contributed by atoms with Gasteiger partial charge in [0.15, 0.2) is 5.82 Å². The van der Waals surface area contributed by atoms with Crippen LogP contribution in [0.25, 0.3) is 0 Å². The van der Waals surface area contributed by atoms with Gasteiger partial charge in [0, 0.05) is 30.8 Å². The summed E-state index contributed by atoms with van der Waals surface area (Å²) in [6.07, 6.45) is 0. The number of aromatic nitrogens is 1. The fourth-order valence-electron chi connectivity index (χ4n) is 2.53. The van der Waals surface area contributed by atoms with Crippen molar-refractivity contribution in [2.24, 2.45) is 0 Å². The van der Waals surface area contributed by atoms with Crippen LogP contribution in [-0.2, 0) is 6.54 Å². The minimum Gasteiger partial charge on any atom is -0.360 e. The van der Waals surface area contributed by atoms with Crippen LogP contribution < -0.4 is 5.32 Å². The Morgan fingerprint density at radius 3 is 2.31 bits per heavy atom. The Bertz CT molecular complexity index is 902. The fourth-order valence-corrected chi connectivity index (χ4v) is 2.53. The normalized spacial score (nSPS) is 10.4. The van der Waals surface area contributed by atoms with E-state index in [1.807, 2.05) is 30.3 Å². The maximum Gasteiger partial charge on any atom is 0.256 e. The molecule has 3 aromatic rings. The molecule has 26 heavy (non-hydrogen) atoms. The van der Waals surface area contributed by atoms with E-state index in [9.17, 15) is 9.59 Å². The lowest BCUT2D eigenvalue weighted by Crippen LogP contribution is -2.26. The van der Waals surface area contributed by atoms with Crippen molar-refractivity contribution in [2.45, 2.75) is 13.5 Å². The lowest BCUT2D eigenvalue weighted by Gasteiger charge is -2.17. The number of carbonyl (C=O) groups is 2. The summed E-state index contributed by atoms with van der Waals surface area (Å²) in [4.78, 5) is 26.4. The van der Waals surface area contributed by atoms with Gasteiger partial charge in [-0.15, -0.1) is 0 Å². The molecule has 0 saturated carbocycles. The number of aryl methyl sites for hydroxylation is 1. The Kier molecular flexibility index (Phi) is 5.12. The Labute approximate surface area is 151 Å². The predicted octanol–water partition coefficient (Wildman–Crippen LogP) is 3.51. The highest BCUT2D eigenvalue weighted by atomic mass is 16.5. The lowest BCUT2D eigenvalue weighted by molar-refractivity contribution is 0.0784. The van der Waals surface area contributed by atoms with Crippen LogP contribution in [0, 0.1) is 6.92 Å². The molecule has 1 heterocycles. The number of hydrogen-bond acceptors (Lipinski definition) is 4. The highest BCUT2D eigenvalue weighted by Crippen LogP contribution is 2.12. The van der Waals surface area contributed by atoms with Crippen molar-refractivity contribution in [3.8, 4) is 0 Å². The van der Waals surface area contributed by atoms with E-state index in [0.29, 0.717) is 29.2 Å². The van der Waals surface area contributed by atoms with E-state index in [1.54, 1.807) is 49.2 Å². The van der Waals surface area contributed by atoms with Gasteiger partial charge < -0.3 is 14.7 Å². The van der Waals surface area contributed by atoms with Gasteiger partial charge in [0.1, 0.15) is 5.76 Å². The molecule has 0 spiro atoms. The van der Waals surface area contributed by atoms with Gasteiger partial charge in [-0.1, -0.05) is 35.5 Å². The van der Waals surface area contributed by atoms with E-state index in [0.717, 1.165) is 5.56 Å². The van der Waals surface area contributed by atoms with E-state index in [-0.39, 0.29) is 11.8 Å². The van der Waals surface area contributed by atoms with Gasteiger partial charge in [0.25, 0.3) is 11.8 Å². The van der Waals surface area contributed by atoms with Crippen molar-refractivity contribution < 1.29 is 14.1 Å². The second-order valence-corrected chi connectivity index (χ2v) is 6.00. The first-order chi connectivity index (χ1) is 12.5. The van der Waals surface area contributed by atoms with Crippen LogP contribution in [-0.4, -0.2) is 28.9 Å². The standard InChI is InChI=1S/C20H19N3O3/c1-14-12-18(22-26-14)21-19(24)16-8-10-17(11-9-16)20(25)23(2)13-15-6-4-3-5-7-15/h3-12H,13H2,1-2H3,(H,21,22,24). The number of anilines is 1. The van der Waals surface area contributed by atoms with Crippen LogP contribution >= 0.6 is 0 Å². The average Bonchev–Trinajstić information content (AvgIpc) is 3.06. The first kappa shape index (κ1) is 17.4. The number of hydrogen-bond donors (Lipinski definition) is 1. The fraction of sp³-hybridized carbons (Fsp3) is 0.150. The van der Waals surface area contributed by atoms with E-state index in [1.165, 1.54) is 0 Å². The molecule has 1 aromatic heterocycles. The zero-order valence-corrected chi connectivity index (χ0v) is 14.6. The van der Waals surface area contributed by atoms with Gasteiger partial charge >= 0.3 is 0 Å². The molecule has 3 rings (SSSR count). The van der Waals surface area contributed by atoms with Crippen LogP contribution in [0.1, 0.15) is 32.0 Å². The Balaban J connectivity index is 1.64. The molecule has 0 fully saturated rings. The zero-order chi connectivity index (χ0) is 18.5. The molecule has 6 heteroatoms. The number of benzene rings is 2. The van der Waals surface area contributed by atoms with Crippen molar-refractivity contribution in [2.75, 3.05) is 12.4 Å². The van der Waals surface area contributed by atoms with Crippen molar-refractivity contribution in [3.63, 3.8) is 0 Å². The summed E-state index contributed by atoms with van der Waals surface area (Å²) in [5.74, 6) is 0.556. The summed E-state index contributed by atoms with van der Waals surface area (Å²) in [6, 6.07) is 17.9. The van der Waals surface area contributed by atoms with Gasteiger partial charge in [-0.3, -0.25) is 9.59 Å². The summed E-state index contributed by atoms with van der Waals surface area (Å²) < 4.78 is 4.91. The molecule has 0 aliphatic rings. The smallest absolute Gasteiger partial charge is 0.256 e. The van der Waals surface area contributed by atoms with Gasteiger partial charge in [-0.2, -0.15) is 0 Å². The quantitative estimate of drug-likeness (QED) is 0.765. The molecule has 2 amide bonds. The third kappa shape index (κ3) is 4.16. The molecule has 1 N–H and O–H groups in total. The largest absolute Gasteiger partial charge is 0.360 e. The first-order valence-corrected chi connectivity index (χ1v) is 8.17. The summed E-state index contributed by atoms with van der Waals surface area (Å²) in [7, 11) is 1.75. The molecular weight excluding hydrogens is 330 g/mol. The molecule has 0 unspecified atom stereocenters. The van der Waals surface area contributed by atoms with Crippen LogP contribution in [0.4, 0.5) is 5.82 Å². The summed E-state index contributed by atoms with van der Waals surface area (Å²) in [6.45, 7) is 2.27. The number of amides is 2. The molecule has 0 saturated heterocycles. The molecule has 0 radical (unpaired) electrons. The number of rotatable bonds is 5. The SMILES string of the molecule is Cc1cc(NC(=O)c2ccc(C(=O)N(C)Cc3ccccc3)cc2)no1. The van der Waals surface area contributed by atoms with Crippen LogP contribution in [0.15, 0.2) is 65.2 Å². The molecular formula is C20H19N3O3. The predicted molar refractivity (Wildman–Crippen MR) is 97.9 cm³/mol. The van der Waals surface area contributed by atoms with E-state index in [2.05, 4.69) is 10.5 Å². The molecule has 2 aromatic carbocycles. The minimum atomic E-state index is -0.310. The number of nitrogens with zero attached hydrogens (tertiary/aromatic N) is 2.